The van der Waals surface area contributed by atoms with Gasteiger partial charge < -0.3 is 5.32 Å². The van der Waals surface area contributed by atoms with Crippen LogP contribution < -0.4 is 5.32 Å². The minimum atomic E-state index is 0.359. The quantitative estimate of drug-likeness (QED) is 0.766. The Morgan fingerprint density at radius 1 is 1.35 bits per heavy atom. The molecule has 1 fully saturated rings. The van der Waals surface area contributed by atoms with Gasteiger partial charge in [0.25, 0.3) is 0 Å². The highest BCUT2D eigenvalue weighted by Crippen LogP contribution is 2.28. The first kappa shape index (κ1) is 15.0. The molecule has 2 unspecified atom stereocenters. The van der Waals surface area contributed by atoms with Gasteiger partial charge >= 0.3 is 0 Å². The van der Waals surface area contributed by atoms with Crippen molar-refractivity contribution in [3.05, 3.63) is 0 Å². The van der Waals surface area contributed by atoms with E-state index in [2.05, 4.69) is 45.0 Å². The SMILES string of the molecule is CCCC1CCCCN1CC(C)(C)C(C)NC. The predicted molar refractivity (Wildman–Crippen MR) is 76.4 cm³/mol. The van der Waals surface area contributed by atoms with Gasteiger partial charge in [-0.25, -0.2) is 0 Å². The molecule has 102 valence electrons. The average molecular weight is 240 g/mol. The summed E-state index contributed by atoms with van der Waals surface area (Å²) < 4.78 is 0. The summed E-state index contributed by atoms with van der Waals surface area (Å²) in [6, 6.07) is 1.42. The second-order valence-corrected chi connectivity index (χ2v) is 6.41. The lowest BCUT2D eigenvalue weighted by Gasteiger charge is -2.43. The molecule has 1 N–H and O–H groups in total. The highest BCUT2D eigenvalue weighted by molar-refractivity contribution is 4.87. The molecule has 2 nitrogen and oxygen atoms in total. The first-order valence-electron chi connectivity index (χ1n) is 7.42. The molecule has 1 aliphatic heterocycles. The lowest BCUT2D eigenvalue weighted by Crippen LogP contribution is -2.50. The molecule has 1 aliphatic rings. The topological polar surface area (TPSA) is 15.3 Å². The van der Waals surface area contributed by atoms with Gasteiger partial charge in [0.2, 0.25) is 0 Å². The molecular weight excluding hydrogens is 208 g/mol. The van der Waals surface area contributed by atoms with E-state index >= 15 is 0 Å². The number of rotatable bonds is 6. The molecule has 0 radical (unpaired) electrons. The largest absolute Gasteiger partial charge is 0.317 e. The normalized spacial score (nSPS) is 24.9. The molecule has 0 saturated carbocycles. The van der Waals surface area contributed by atoms with Gasteiger partial charge in [0.15, 0.2) is 0 Å². The van der Waals surface area contributed by atoms with Crippen LogP contribution in [0.4, 0.5) is 0 Å². The molecule has 1 saturated heterocycles. The average Bonchev–Trinajstić information content (AvgIpc) is 2.30. The lowest BCUT2D eigenvalue weighted by atomic mass is 9.83. The highest BCUT2D eigenvalue weighted by atomic mass is 15.2. The maximum absolute atomic E-state index is 3.41. The summed E-state index contributed by atoms with van der Waals surface area (Å²) in [6.45, 7) is 12.0. The summed E-state index contributed by atoms with van der Waals surface area (Å²) in [5.41, 5.74) is 0.359. The molecule has 0 aromatic rings. The van der Waals surface area contributed by atoms with Gasteiger partial charge in [0.05, 0.1) is 0 Å². The van der Waals surface area contributed by atoms with Crippen LogP contribution in [0.2, 0.25) is 0 Å². The smallest absolute Gasteiger partial charge is 0.00991 e. The third-order valence-corrected chi connectivity index (χ3v) is 4.59. The number of piperidine rings is 1. The van der Waals surface area contributed by atoms with E-state index in [0.717, 1.165) is 6.04 Å². The minimum Gasteiger partial charge on any atom is -0.317 e. The zero-order valence-electron chi connectivity index (χ0n) is 12.6. The molecule has 0 aromatic heterocycles. The first-order valence-corrected chi connectivity index (χ1v) is 7.42. The predicted octanol–water partition coefficient (Wildman–Crippen LogP) is 3.28. The zero-order chi connectivity index (χ0) is 12.9. The summed E-state index contributed by atoms with van der Waals surface area (Å²) in [5.74, 6) is 0. The van der Waals surface area contributed by atoms with E-state index in [4.69, 9.17) is 0 Å². The van der Waals surface area contributed by atoms with Crippen molar-refractivity contribution in [3.8, 4) is 0 Å². The van der Waals surface area contributed by atoms with Crippen LogP contribution in [0, 0.1) is 5.41 Å². The number of likely N-dealkylation sites (tertiary alicyclic amines) is 1. The van der Waals surface area contributed by atoms with Gasteiger partial charge in [0, 0.05) is 18.6 Å². The molecule has 0 spiro atoms. The van der Waals surface area contributed by atoms with E-state index in [0.29, 0.717) is 11.5 Å². The second-order valence-electron chi connectivity index (χ2n) is 6.41. The van der Waals surface area contributed by atoms with Gasteiger partial charge in [-0.2, -0.15) is 0 Å². The fraction of sp³-hybridized carbons (Fsp3) is 1.00. The Labute approximate surface area is 108 Å². The molecule has 2 atom stereocenters. The maximum Gasteiger partial charge on any atom is 0.00991 e. The van der Waals surface area contributed by atoms with Gasteiger partial charge in [-0.05, 0) is 45.2 Å². The Balaban J connectivity index is 2.57. The molecule has 2 heteroatoms. The van der Waals surface area contributed by atoms with Crippen LogP contribution >= 0.6 is 0 Å². The Hall–Kier alpha value is -0.0800. The third kappa shape index (κ3) is 4.26. The molecule has 0 amide bonds. The van der Waals surface area contributed by atoms with E-state index in [1.165, 1.54) is 45.2 Å². The van der Waals surface area contributed by atoms with Crippen molar-refractivity contribution in [2.75, 3.05) is 20.1 Å². The summed E-state index contributed by atoms with van der Waals surface area (Å²) >= 11 is 0. The second kappa shape index (κ2) is 6.75. The van der Waals surface area contributed by atoms with Gasteiger partial charge in [-0.3, -0.25) is 4.90 Å². The Bertz CT molecular complexity index is 211. The highest BCUT2D eigenvalue weighted by Gasteiger charge is 2.31. The van der Waals surface area contributed by atoms with Crippen molar-refractivity contribution in [2.24, 2.45) is 5.41 Å². The number of nitrogens with one attached hydrogen (secondary N) is 1. The Kier molecular flexibility index (Phi) is 5.94. The van der Waals surface area contributed by atoms with Crippen molar-refractivity contribution in [2.45, 2.75) is 71.9 Å². The maximum atomic E-state index is 3.41. The molecule has 1 heterocycles. The van der Waals surface area contributed by atoms with Gasteiger partial charge in [0.1, 0.15) is 0 Å². The summed E-state index contributed by atoms with van der Waals surface area (Å²) in [5, 5.41) is 3.41. The van der Waals surface area contributed by atoms with E-state index < -0.39 is 0 Å². The molecule has 0 bridgehead atoms. The van der Waals surface area contributed by atoms with Crippen molar-refractivity contribution in [1.29, 1.82) is 0 Å². The molecule has 17 heavy (non-hydrogen) atoms. The summed E-state index contributed by atoms with van der Waals surface area (Å²) in [6.07, 6.45) is 6.94. The van der Waals surface area contributed by atoms with E-state index in [1.807, 2.05) is 0 Å². The lowest BCUT2D eigenvalue weighted by molar-refractivity contribution is 0.0756. The summed E-state index contributed by atoms with van der Waals surface area (Å²) in [4.78, 5) is 2.75. The zero-order valence-corrected chi connectivity index (χ0v) is 12.6. The Morgan fingerprint density at radius 3 is 2.65 bits per heavy atom. The first-order chi connectivity index (χ1) is 8.01. The molecule has 1 rings (SSSR count). The molecular formula is C15H32N2. The van der Waals surface area contributed by atoms with Crippen molar-refractivity contribution >= 4 is 0 Å². The molecule has 0 aliphatic carbocycles. The minimum absolute atomic E-state index is 0.359. The van der Waals surface area contributed by atoms with E-state index in [9.17, 15) is 0 Å². The van der Waals surface area contributed by atoms with Crippen LogP contribution in [0.25, 0.3) is 0 Å². The van der Waals surface area contributed by atoms with Crippen LogP contribution in [0.15, 0.2) is 0 Å². The van der Waals surface area contributed by atoms with Crippen molar-refractivity contribution in [1.82, 2.24) is 10.2 Å². The number of hydrogen-bond acceptors (Lipinski definition) is 2. The van der Waals surface area contributed by atoms with E-state index in [1.54, 1.807) is 0 Å². The third-order valence-electron chi connectivity index (χ3n) is 4.59. The summed E-state index contributed by atoms with van der Waals surface area (Å²) in [7, 11) is 2.08. The van der Waals surface area contributed by atoms with Crippen LogP contribution in [0.1, 0.15) is 59.8 Å². The Morgan fingerprint density at radius 2 is 2.06 bits per heavy atom. The van der Waals surface area contributed by atoms with Crippen LogP contribution in [-0.4, -0.2) is 37.1 Å². The molecule has 0 aromatic carbocycles. The number of hydrogen-bond donors (Lipinski definition) is 1. The van der Waals surface area contributed by atoms with Crippen molar-refractivity contribution < 1.29 is 0 Å². The van der Waals surface area contributed by atoms with Crippen molar-refractivity contribution in [3.63, 3.8) is 0 Å². The fourth-order valence-electron chi connectivity index (χ4n) is 2.98. The van der Waals surface area contributed by atoms with E-state index in [-0.39, 0.29) is 0 Å². The van der Waals surface area contributed by atoms with Crippen LogP contribution in [0.5, 0.6) is 0 Å². The monoisotopic (exact) mass is 240 g/mol. The number of nitrogens with zero attached hydrogens (tertiary/aromatic N) is 1. The van der Waals surface area contributed by atoms with Gasteiger partial charge in [-0.1, -0.05) is 33.6 Å². The van der Waals surface area contributed by atoms with Crippen LogP contribution in [-0.2, 0) is 0 Å². The fourth-order valence-corrected chi connectivity index (χ4v) is 2.98. The van der Waals surface area contributed by atoms with Gasteiger partial charge in [-0.15, -0.1) is 0 Å². The standard InChI is InChI=1S/C15H32N2/c1-6-9-14-10-7-8-11-17(14)12-15(3,4)13(2)16-5/h13-14,16H,6-12H2,1-5H3. The van der Waals surface area contributed by atoms with Crippen LogP contribution in [0.3, 0.4) is 0 Å².